The van der Waals surface area contributed by atoms with Crippen molar-refractivity contribution >= 4 is 22.1 Å². The van der Waals surface area contributed by atoms with Crippen molar-refractivity contribution in [3.05, 3.63) is 71.9 Å². The number of carbonyl (C=O) groups is 2. The van der Waals surface area contributed by atoms with Crippen molar-refractivity contribution in [1.29, 1.82) is 0 Å². The number of methoxy groups -OCH3 is 1. The Morgan fingerprint density at radius 2 is 1.81 bits per heavy atom. The number of pyridine rings is 1. The molecule has 2 heterocycles. The van der Waals surface area contributed by atoms with Crippen molar-refractivity contribution in [2.45, 2.75) is 44.2 Å². The van der Waals surface area contributed by atoms with Crippen LogP contribution in [-0.4, -0.2) is 54.1 Å². The lowest BCUT2D eigenvalue weighted by Crippen LogP contribution is -2.33. The standard InChI is InChI=1S/C25H28FN3O6S/c1-25(2,3)35-24(31)28(4)15-18-11-22(20-8-6-7-9-21(20)26)29(16-18)36(32,33)19-10-17(13-27-14-19)12-23(30)34-5/h6-11,13-14,16H,12,15H2,1-5H3. The van der Waals surface area contributed by atoms with Crippen LogP contribution in [0, 0.1) is 5.82 Å². The number of benzene rings is 1. The lowest BCUT2D eigenvalue weighted by Gasteiger charge is -2.24. The fraction of sp³-hybridized carbons (Fsp3) is 0.320. The Hall–Kier alpha value is -3.73. The van der Waals surface area contributed by atoms with Crippen LogP contribution in [0.5, 0.6) is 0 Å². The van der Waals surface area contributed by atoms with Crippen LogP contribution in [0.1, 0.15) is 31.9 Å². The second kappa shape index (κ2) is 10.5. The lowest BCUT2D eigenvalue weighted by atomic mass is 10.1. The molecule has 36 heavy (non-hydrogen) atoms. The second-order valence-electron chi connectivity index (χ2n) is 9.13. The molecule has 1 aromatic carbocycles. The van der Waals surface area contributed by atoms with Gasteiger partial charge in [0.2, 0.25) is 0 Å². The van der Waals surface area contributed by atoms with Crippen LogP contribution in [-0.2, 0) is 37.3 Å². The summed E-state index contributed by atoms with van der Waals surface area (Å²) in [5.41, 5.74) is 0.197. The van der Waals surface area contributed by atoms with Crippen LogP contribution < -0.4 is 0 Å². The highest BCUT2D eigenvalue weighted by atomic mass is 32.2. The van der Waals surface area contributed by atoms with Gasteiger partial charge in [0.05, 0.1) is 25.8 Å². The molecule has 0 aliphatic heterocycles. The minimum atomic E-state index is -4.26. The molecule has 0 spiro atoms. The van der Waals surface area contributed by atoms with E-state index in [1.165, 1.54) is 61.8 Å². The third kappa shape index (κ3) is 6.28. The van der Waals surface area contributed by atoms with Gasteiger partial charge in [-0.2, -0.15) is 0 Å². The zero-order chi connectivity index (χ0) is 26.7. The number of hydrogen-bond acceptors (Lipinski definition) is 7. The summed E-state index contributed by atoms with van der Waals surface area (Å²) in [6, 6.07) is 8.60. The predicted octanol–water partition coefficient (Wildman–Crippen LogP) is 4.01. The Kier molecular flexibility index (Phi) is 7.83. The van der Waals surface area contributed by atoms with E-state index < -0.39 is 33.5 Å². The van der Waals surface area contributed by atoms with Gasteiger partial charge in [-0.1, -0.05) is 12.1 Å². The van der Waals surface area contributed by atoms with Crippen molar-refractivity contribution in [2.75, 3.05) is 14.2 Å². The number of esters is 1. The topological polar surface area (TPSA) is 108 Å². The Balaban J connectivity index is 2.06. The minimum Gasteiger partial charge on any atom is -0.469 e. The van der Waals surface area contributed by atoms with Gasteiger partial charge in [-0.25, -0.2) is 21.6 Å². The van der Waals surface area contributed by atoms with Crippen LogP contribution in [0.4, 0.5) is 9.18 Å². The van der Waals surface area contributed by atoms with E-state index in [9.17, 15) is 22.4 Å². The lowest BCUT2D eigenvalue weighted by molar-refractivity contribution is -0.139. The van der Waals surface area contributed by atoms with Gasteiger partial charge >= 0.3 is 12.1 Å². The molecule has 1 amide bonds. The Morgan fingerprint density at radius 3 is 2.44 bits per heavy atom. The average molecular weight is 518 g/mol. The summed E-state index contributed by atoms with van der Waals surface area (Å²) in [5.74, 6) is -1.16. The Bertz CT molecular complexity index is 1380. The Morgan fingerprint density at radius 1 is 1.11 bits per heavy atom. The molecule has 3 rings (SSSR count). The van der Waals surface area contributed by atoms with Crippen LogP contribution in [0.3, 0.4) is 0 Å². The minimum absolute atomic E-state index is 0.0134. The molecule has 0 bridgehead atoms. The first-order valence-corrected chi connectivity index (χ1v) is 12.4. The largest absolute Gasteiger partial charge is 0.469 e. The molecule has 2 aromatic heterocycles. The number of hydrogen-bond donors (Lipinski definition) is 0. The Labute approximate surface area is 209 Å². The molecule has 0 fully saturated rings. The molecule has 0 aliphatic carbocycles. The summed E-state index contributed by atoms with van der Waals surface area (Å²) in [6.07, 6.45) is 3.08. The van der Waals surface area contributed by atoms with E-state index in [2.05, 4.69) is 9.72 Å². The van der Waals surface area contributed by atoms with Crippen molar-refractivity contribution < 1.29 is 31.9 Å². The summed E-state index contributed by atoms with van der Waals surface area (Å²) >= 11 is 0. The number of rotatable bonds is 7. The second-order valence-corrected chi connectivity index (χ2v) is 10.9. The quantitative estimate of drug-likeness (QED) is 0.436. The number of carbonyl (C=O) groups excluding carboxylic acids is 2. The fourth-order valence-electron chi connectivity index (χ4n) is 3.38. The zero-order valence-corrected chi connectivity index (χ0v) is 21.5. The molecule has 0 unspecified atom stereocenters. The van der Waals surface area contributed by atoms with Gasteiger partial charge in [0.1, 0.15) is 16.3 Å². The van der Waals surface area contributed by atoms with Crippen molar-refractivity contribution in [1.82, 2.24) is 13.9 Å². The summed E-state index contributed by atoms with van der Waals surface area (Å²) in [6.45, 7) is 5.22. The van der Waals surface area contributed by atoms with Crippen molar-refractivity contribution in [3.8, 4) is 11.3 Å². The number of amides is 1. The van der Waals surface area contributed by atoms with Crippen LogP contribution in [0.2, 0.25) is 0 Å². The maximum absolute atomic E-state index is 14.7. The number of aromatic nitrogens is 2. The third-order valence-electron chi connectivity index (χ3n) is 5.02. The molecule has 192 valence electrons. The molecule has 0 saturated carbocycles. The molecule has 0 saturated heterocycles. The normalized spacial score (nSPS) is 11.7. The average Bonchev–Trinajstić information content (AvgIpc) is 3.22. The predicted molar refractivity (Wildman–Crippen MR) is 130 cm³/mol. The van der Waals surface area contributed by atoms with E-state index in [-0.39, 0.29) is 29.1 Å². The van der Waals surface area contributed by atoms with Crippen LogP contribution in [0.15, 0.2) is 59.9 Å². The van der Waals surface area contributed by atoms with E-state index in [1.807, 2.05) is 0 Å². The smallest absolute Gasteiger partial charge is 0.410 e. The maximum atomic E-state index is 14.7. The van der Waals surface area contributed by atoms with E-state index in [4.69, 9.17) is 4.74 Å². The van der Waals surface area contributed by atoms with E-state index in [1.54, 1.807) is 26.8 Å². The highest BCUT2D eigenvalue weighted by Gasteiger charge is 2.26. The summed E-state index contributed by atoms with van der Waals surface area (Å²) < 4.78 is 53.0. The number of halogens is 1. The summed E-state index contributed by atoms with van der Waals surface area (Å²) in [5, 5.41) is 0. The van der Waals surface area contributed by atoms with Gasteiger partial charge in [0.15, 0.2) is 0 Å². The van der Waals surface area contributed by atoms with Crippen molar-refractivity contribution in [2.24, 2.45) is 0 Å². The number of ether oxygens (including phenoxy) is 2. The van der Waals surface area contributed by atoms with Gasteiger partial charge in [0, 0.05) is 31.2 Å². The zero-order valence-electron chi connectivity index (χ0n) is 20.7. The van der Waals surface area contributed by atoms with Gasteiger partial charge in [0.25, 0.3) is 10.0 Å². The fourth-order valence-corrected chi connectivity index (χ4v) is 4.79. The molecule has 0 radical (unpaired) electrons. The molecule has 0 aliphatic rings. The highest BCUT2D eigenvalue weighted by molar-refractivity contribution is 7.90. The number of nitrogens with zero attached hydrogens (tertiary/aromatic N) is 3. The summed E-state index contributed by atoms with van der Waals surface area (Å²) in [7, 11) is -1.52. The van der Waals surface area contributed by atoms with Gasteiger partial charge < -0.3 is 14.4 Å². The molecule has 11 heteroatoms. The van der Waals surface area contributed by atoms with E-state index >= 15 is 0 Å². The maximum Gasteiger partial charge on any atom is 0.410 e. The third-order valence-corrected chi connectivity index (χ3v) is 6.66. The van der Waals surface area contributed by atoms with Gasteiger partial charge in [-0.3, -0.25) is 9.78 Å². The van der Waals surface area contributed by atoms with Gasteiger partial charge in [-0.15, -0.1) is 0 Å². The first-order valence-electron chi connectivity index (χ1n) is 11.0. The molecule has 0 N–H and O–H groups in total. The molecular formula is C25H28FN3O6S. The van der Waals surface area contributed by atoms with Crippen LogP contribution in [0.25, 0.3) is 11.3 Å². The molecule has 9 nitrogen and oxygen atoms in total. The first-order chi connectivity index (χ1) is 16.8. The SMILES string of the molecule is COC(=O)Cc1cncc(S(=O)(=O)n2cc(CN(C)C(=O)OC(C)(C)C)cc2-c2ccccc2F)c1. The molecular weight excluding hydrogens is 489 g/mol. The molecule has 0 atom stereocenters. The first kappa shape index (κ1) is 26.9. The molecule has 3 aromatic rings. The summed E-state index contributed by atoms with van der Waals surface area (Å²) in [4.78, 5) is 29.1. The monoisotopic (exact) mass is 517 g/mol. The van der Waals surface area contributed by atoms with E-state index in [0.717, 1.165) is 10.2 Å². The highest BCUT2D eigenvalue weighted by Crippen LogP contribution is 2.30. The van der Waals surface area contributed by atoms with Gasteiger partial charge in [-0.05, 0) is 56.2 Å². The van der Waals surface area contributed by atoms with Crippen molar-refractivity contribution in [3.63, 3.8) is 0 Å². The van der Waals surface area contributed by atoms with E-state index in [0.29, 0.717) is 11.1 Å². The van der Waals surface area contributed by atoms with Crippen LogP contribution >= 0.6 is 0 Å².